The van der Waals surface area contributed by atoms with Gasteiger partial charge in [0, 0.05) is 21.9 Å². The van der Waals surface area contributed by atoms with Gasteiger partial charge in [0.2, 0.25) is 0 Å². The second-order valence-corrected chi connectivity index (χ2v) is 4.78. The van der Waals surface area contributed by atoms with E-state index in [1.165, 1.54) is 18.2 Å². The first kappa shape index (κ1) is 14.3. The van der Waals surface area contributed by atoms with Crippen molar-refractivity contribution in [1.29, 1.82) is 0 Å². The SMILES string of the molecule is CCCC#Cc1ccc(Cl)cc1SC(F)(F)F. The molecule has 17 heavy (non-hydrogen) atoms. The molecule has 0 radical (unpaired) electrons. The largest absolute Gasteiger partial charge is 0.446 e. The van der Waals surface area contributed by atoms with Crippen LogP contribution in [-0.4, -0.2) is 5.51 Å². The van der Waals surface area contributed by atoms with E-state index < -0.39 is 5.51 Å². The van der Waals surface area contributed by atoms with Crippen molar-refractivity contribution in [2.24, 2.45) is 0 Å². The van der Waals surface area contributed by atoms with E-state index in [1.54, 1.807) is 0 Å². The second kappa shape index (κ2) is 6.23. The van der Waals surface area contributed by atoms with Crippen LogP contribution in [0, 0.1) is 11.8 Å². The van der Waals surface area contributed by atoms with Crippen LogP contribution in [0.3, 0.4) is 0 Å². The minimum atomic E-state index is -4.33. The van der Waals surface area contributed by atoms with Crippen LogP contribution >= 0.6 is 23.4 Å². The zero-order chi connectivity index (χ0) is 12.9. The van der Waals surface area contributed by atoms with Gasteiger partial charge in [0.15, 0.2) is 0 Å². The summed E-state index contributed by atoms with van der Waals surface area (Å²) in [4.78, 5) is 0.0496. The van der Waals surface area contributed by atoms with Crippen molar-refractivity contribution in [1.82, 2.24) is 0 Å². The maximum atomic E-state index is 12.3. The molecule has 0 spiro atoms. The Bertz CT molecular complexity index is 443. The quantitative estimate of drug-likeness (QED) is 0.535. The van der Waals surface area contributed by atoms with Crippen molar-refractivity contribution in [2.45, 2.75) is 30.2 Å². The highest BCUT2D eigenvalue weighted by molar-refractivity contribution is 8.00. The minimum Gasteiger partial charge on any atom is -0.160 e. The lowest BCUT2D eigenvalue weighted by Crippen LogP contribution is -2.00. The van der Waals surface area contributed by atoms with Crippen molar-refractivity contribution >= 4 is 23.4 Å². The number of halogens is 4. The zero-order valence-corrected chi connectivity index (χ0v) is 10.6. The van der Waals surface area contributed by atoms with Crippen LogP contribution in [0.1, 0.15) is 25.3 Å². The first-order valence-corrected chi connectivity index (χ1v) is 6.16. The van der Waals surface area contributed by atoms with Gasteiger partial charge in [-0.15, -0.1) is 0 Å². The first-order valence-electron chi connectivity index (χ1n) is 4.96. The summed E-state index contributed by atoms with van der Waals surface area (Å²) in [6.07, 6.45) is 1.54. The van der Waals surface area contributed by atoms with Crippen LogP contribution in [0.5, 0.6) is 0 Å². The monoisotopic (exact) mass is 278 g/mol. The van der Waals surface area contributed by atoms with Gasteiger partial charge in [-0.1, -0.05) is 30.4 Å². The summed E-state index contributed by atoms with van der Waals surface area (Å²) in [7, 11) is 0. The van der Waals surface area contributed by atoms with E-state index in [0.717, 1.165) is 6.42 Å². The van der Waals surface area contributed by atoms with Crippen LogP contribution in [0.15, 0.2) is 23.1 Å². The third-order valence-corrected chi connectivity index (χ3v) is 2.79. The lowest BCUT2D eigenvalue weighted by Gasteiger charge is -2.07. The van der Waals surface area contributed by atoms with Gasteiger partial charge in [0.05, 0.1) is 0 Å². The average Bonchev–Trinajstić information content (AvgIpc) is 2.19. The molecule has 1 rings (SSSR count). The van der Waals surface area contributed by atoms with Gasteiger partial charge in [-0.05, 0) is 36.4 Å². The molecule has 0 aliphatic rings. The Morgan fingerprint density at radius 2 is 2.06 bits per heavy atom. The maximum Gasteiger partial charge on any atom is 0.446 e. The fraction of sp³-hybridized carbons (Fsp3) is 0.333. The van der Waals surface area contributed by atoms with Gasteiger partial charge < -0.3 is 0 Å². The van der Waals surface area contributed by atoms with Crippen molar-refractivity contribution in [2.75, 3.05) is 0 Å². The summed E-state index contributed by atoms with van der Waals surface area (Å²) in [6.45, 7) is 1.96. The standard InChI is InChI=1S/C12H10ClF3S/c1-2-3-4-5-9-6-7-10(13)8-11(9)17-12(14,15)16/h6-8H,2-3H2,1H3. The number of benzene rings is 1. The molecular formula is C12H10ClF3S. The molecule has 0 aromatic heterocycles. The molecule has 92 valence electrons. The Morgan fingerprint density at radius 1 is 1.35 bits per heavy atom. The molecule has 0 N–H and O–H groups in total. The molecule has 5 heteroatoms. The summed E-state index contributed by atoms with van der Waals surface area (Å²) in [6, 6.07) is 4.34. The third-order valence-electron chi connectivity index (χ3n) is 1.77. The lowest BCUT2D eigenvalue weighted by molar-refractivity contribution is -0.0328. The van der Waals surface area contributed by atoms with Crippen molar-refractivity contribution in [3.63, 3.8) is 0 Å². The van der Waals surface area contributed by atoms with E-state index in [9.17, 15) is 13.2 Å². The Morgan fingerprint density at radius 3 is 2.65 bits per heavy atom. The van der Waals surface area contributed by atoms with E-state index in [2.05, 4.69) is 11.8 Å². The smallest absolute Gasteiger partial charge is 0.160 e. The second-order valence-electron chi connectivity index (χ2n) is 3.24. The predicted octanol–water partition coefficient (Wildman–Crippen LogP) is 5.10. The van der Waals surface area contributed by atoms with Crippen LogP contribution in [0.2, 0.25) is 5.02 Å². The third kappa shape index (κ3) is 5.38. The summed E-state index contributed by atoms with van der Waals surface area (Å²) in [5.41, 5.74) is -3.96. The molecule has 0 aliphatic heterocycles. The molecular weight excluding hydrogens is 269 g/mol. The van der Waals surface area contributed by atoms with Crippen LogP contribution in [-0.2, 0) is 0 Å². The predicted molar refractivity (Wildman–Crippen MR) is 65.2 cm³/mol. The van der Waals surface area contributed by atoms with E-state index in [1.807, 2.05) is 6.92 Å². The molecule has 0 heterocycles. The number of alkyl halides is 3. The van der Waals surface area contributed by atoms with E-state index >= 15 is 0 Å². The fourth-order valence-corrected chi connectivity index (χ4v) is 1.99. The molecule has 0 unspecified atom stereocenters. The van der Waals surface area contributed by atoms with E-state index in [-0.39, 0.29) is 21.7 Å². The topological polar surface area (TPSA) is 0 Å². The molecule has 0 nitrogen and oxygen atoms in total. The zero-order valence-electron chi connectivity index (χ0n) is 9.07. The summed E-state index contributed by atoms with van der Waals surface area (Å²) < 4.78 is 36.9. The first-order chi connectivity index (χ1) is 7.92. The average molecular weight is 279 g/mol. The molecule has 1 aromatic carbocycles. The molecule has 0 amide bonds. The van der Waals surface area contributed by atoms with Gasteiger partial charge in [0.1, 0.15) is 0 Å². The highest BCUT2D eigenvalue weighted by atomic mass is 35.5. The Hall–Kier alpha value is -0.790. The van der Waals surface area contributed by atoms with Crippen molar-refractivity contribution in [3.05, 3.63) is 28.8 Å². The molecule has 0 saturated heterocycles. The van der Waals surface area contributed by atoms with Gasteiger partial charge in [-0.25, -0.2) is 0 Å². The number of hydrogen-bond donors (Lipinski definition) is 0. The van der Waals surface area contributed by atoms with Crippen LogP contribution in [0.4, 0.5) is 13.2 Å². The molecule has 0 atom stereocenters. The Labute approximate surface area is 108 Å². The molecule has 0 saturated carbocycles. The van der Waals surface area contributed by atoms with Gasteiger partial charge >= 0.3 is 5.51 Å². The molecule has 0 aliphatic carbocycles. The number of thioether (sulfide) groups is 1. The van der Waals surface area contributed by atoms with E-state index in [4.69, 9.17) is 11.6 Å². The van der Waals surface area contributed by atoms with Crippen LogP contribution < -0.4 is 0 Å². The highest BCUT2D eigenvalue weighted by Gasteiger charge is 2.30. The maximum absolute atomic E-state index is 12.3. The Kier molecular flexibility index (Phi) is 5.23. The number of hydrogen-bond acceptors (Lipinski definition) is 1. The summed E-state index contributed by atoms with van der Waals surface area (Å²) >= 11 is 5.49. The number of unbranched alkanes of at least 4 members (excludes halogenated alkanes) is 1. The van der Waals surface area contributed by atoms with Crippen molar-refractivity contribution in [3.8, 4) is 11.8 Å². The minimum absolute atomic E-state index is 0.0496. The molecule has 1 aromatic rings. The highest BCUT2D eigenvalue weighted by Crippen LogP contribution is 2.39. The summed E-state index contributed by atoms with van der Waals surface area (Å²) in [5, 5.41) is 0.276. The van der Waals surface area contributed by atoms with Crippen molar-refractivity contribution < 1.29 is 13.2 Å². The van der Waals surface area contributed by atoms with Gasteiger partial charge in [0.25, 0.3) is 0 Å². The van der Waals surface area contributed by atoms with Gasteiger partial charge in [-0.3, -0.25) is 0 Å². The van der Waals surface area contributed by atoms with Crippen LogP contribution in [0.25, 0.3) is 0 Å². The summed E-state index contributed by atoms with van der Waals surface area (Å²) in [5.74, 6) is 5.56. The Balaban J connectivity index is 3.01. The molecule has 0 fully saturated rings. The molecule has 0 bridgehead atoms. The van der Waals surface area contributed by atoms with Gasteiger partial charge in [-0.2, -0.15) is 13.2 Å². The van der Waals surface area contributed by atoms with E-state index in [0.29, 0.717) is 12.0 Å². The fourth-order valence-electron chi connectivity index (χ4n) is 1.09. The number of rotatable bonds is 2. The normalized spacial score (nSPS) is 10.9. The lowest BCUT2D eigenvalue weighted by atomic mass is 10.2.